The molecule has 6 rings (SSSR count). The monoisotopic (exact) mass is 590 g/mol. The molecule has 1 atom stereocenters. The molecule has 43 heavy (non-hydrogen) atoms. The van der Waals surface area contributed by atoms with E-state index in [-0.39, 0.29) is 23.4 Å². The van der Waals surface area contributed by atoms with Gasteiger partial charge in [-0.15, -0.1) is 0 Å². The number of rotatable bonds is 5. The Hall–Kier alpha value is -3.95. The van der Waals surface area contributed by atoms with Crippen LogP contribution in [0.2, 0.25) is 0 Å². The van der Waals surface area contributed by atoms with Gasteiger partial charge in [0.05, 0.1) is 6.20 Å². The van der Waals surface area contributed by atoms with Crippen LogP contribution >= 0.6 is 0 Å². The van der Waals surface area contributed by atoms with Crippen LogP contribution in [0.4, 0.5) is 25.0 Å². The van der Waals surface area contributed by atoms with Crippen LogP contribution in [-0.2, 0) is 31.2 Å². The molecule has 0 aliphatic carbocycles. The average molecular weight is 591 g/mol. The summed E-state index contributed by atoms with van der Waals surface area (Å²) in [6.07, 6.45) is 5.43. The topological polar surface area (TPSA) is 73.7 Å². The van der Waals surface area contributed by atoms with Crippen LogP contribution in [0.15, 0.2) is 36.7 Å². The molecule has 0 spiro atoms. The molecule has 1 fully saturated rings. The maximum atomic E-state index is 14.6. The lowest BCUT2D eigenvalue weighted by Crippen LogP contribution is -2.38. The van der Waals surface area contributed by atoms with Crippen molar-refractivity contribution in [3.63, 3.8) is 0 Å². The summed E-state index contributed by atoms with van der Waals surface area (Å²) in [5, 5.41) is 6.99. The zero-order valence-electron chi connectivity index (χ0n) is 25.2. The fraction of sp³-hybridized carbons (Fsp3) is 0.485. The number of nitrogens with zero attached hydrogens (tertiary/aromatic N) is 5. The van der Waals surface area contributed by atoms with Crippen molar-refractivity contribution in [2.45, 2.75) is 64.3 Å². The predicted molar refractivity (Wildman–Crippen MR) is 163 cm³/mol. The lowest BCUT2D eigenvalue weighted by atomic mass is 9.85. The number of urea groups is 1. The highest BCUT2D eigenvalue weighted by molar-refractivity contribution is 5.81. The number of hydrogen-bond acceptors (Lipinski definition) is 4. The largest absolute Gasteiger partial charge is 0.343 e. The number of nitrogens with one attached hydrogen (secondary N) is 1. The summed E-state index contributed by atoms with van der Waals surface area (Å²) in [6.45, 7) is 5.23. The van der Waals surface area contributed by atoms with Gasteiger partial charge in [0.1, 0.15) is 0 Å². The van der Waals surface area contributed by atoms with E-state index in [1.165, 1.54) is 5.56 Å². The SMILES string of the molecule is CCN1CCC(c2cc3c(c(N4CCCc5cc(-c6cnn(C)c6)c(C(F)F)cc54)c2)CN(C(=O)NC)CCC3)CC1=O. The first kappa shape index (κ1) is 29.1. The van der Waals surface area contributed by atoms with Crippen LogP contribution < -0.4 is 10.2 Å². The molecule has 1 N–H and O–H groups in total. The second-order valence-electron chi connectivity index (χ2n) is 11.9. The molecule has 3 aromatic rings. The second-order valence-corrected chi connectivity index (χ2v) is 11.9. The number of piperidine rings is 1. The summed E-state index contributed by atoms with van der Waals surface area (Å²) >= 11 is 0. The first-order chi connectivity index (χ1) is 20.8. The summed E-state index contributed by atoms with van der Waals surface area (Å²) < 4.78 is 30.8. The summed E-state index contributed by atoms with van der Waals surface area (Å²) in [4.78, 5) is 31.6. The van der Waals surface area contributed by atoms with Crippen molar-refractivity contribution in [3.05, 3.63) is 64.5 Å². The molecular weight excluding hydrogens is 550 g/mol. The maximum Gasteiger partial charge on any atom is 0.317 e. The van der Waals surface area contributed by atoms with E-state index in [9.17, 15) is 18.4 Å². The Bertz CT molecular complexity index is 1540. The van der Waals surface area contributed by atoms with Gasteiger partial charge >= 0.3 is 6.03 Å². The number of alkyl halides is 2. The minimum absolute atomic E-state index is 0.00887. The number of hydrogen-bond donors (Lipinski definition) is 1. The first-order valence-electron chi connectivity index (χ1n) is 15.4. The van der Waals surface area contributed by atoms with Gasteiger partial charge in [0.15, 0.2) is 0 Å². The Labute approximate surface area is 251 Å². The lowest BCUT2D eigenvalue weighted by molar-refractivity contribution is -0.133. The number of benzene rings is 2. The zero-order valence-corrected chi connectivity index (χ0v) is 25.2. The Balaban J connectivity index is 1.48. The number of fused-ring (bicyclic) bond motifs is 2. The fourth-order valence-electron chi connectivity index (χ4n) is 7.07. The van der Waals surface area contributed by atoms with E-state index in [0.717, 1.165) is 66.7 Å². The van der Waals surface area contributed by atoms with Crippen LogP contribution in [0.25, 0.3) is 11.1 Å². The molecule has 0 saturated carbocycles. The zero-order chi connectivity index (χ0) is 30.2. The Morgan fingerprint density at radius 2 is 1.86 bits per heavy atom. The third kappa shape index (κ3) is 5.59. The van der Waals surface area contributed by atoms with Crippen molar-refractivity contribution >= 4 is 23.3 Å². The van der Waals surface area contributed by atoms with E-state index >= 15 is 0 Å². The minimum Gasteiger partial charge on any atom is -0.343 e. The maximum absolute atomic E-state index is 14.6. The summed E-state index contributed by atoms with van der Waals surface area (Å²) in [7, 11) is 3.43. The smallest absolute Gasteiger partial charge is 0.317 e. The van der Waals surface area contributed by atoms with Crippen LogP contribution in [0.5, 0.6) is 0 Å². The highest BCUT2D eigenvalue weighted by Gasteiger charge is 2.32. The van der Waals surface area contributed by atoms with Crippen molar-refractivity contribution < 1.29 is 18.4 Å². The molecule has 8 nitrogen and oxygen atoms in total. The molecule has 1 saturated heterocycles. The minimum atomic E-state index is -2.65. The number of aromatic nitrogens is 2. The van der Waals surface area contributed by atoms with Gasteiger partial charge in [-0.2, -0.15) is 5.10 Å². The molecule has 4 heterocycles. The first-order valence-corrected chi connectivity index (χ1v) is 15.4. The van der Waals surface area contributed by atoms with E-state index in [4.69, 9.17) is 0 Å². The van der Waals surface area contributed by atoms with Crippen molar-refractivity contribution in [3.8, 4) is 11.1 Å². The number of carbonyl (C=O) groups is 2. The van der Waals surface area contributed by atoms with Crippen LogP contribution in [-0.4, -0.2) is 64.7 Å². The number of anilines is 2. The number of halogens is 2. The molecular formula is C33H40F2N6O2. The van der Waals surface area contributed by atoms with Gasteiger partial charge in [-0.3, -0.25) is 9.48 Å². The van der Waals surface area contributed by atoms with Gasteiger partial charge in [-0.1, -0.05) is 6.07 Å². The van der Waals surface area contributed by atoms with E-state index in [1.807, 2.05) is 22.8 Å². The number of likely N-dealkylation sites (tertiary alicyclic amines) is 1. The normalized spacial score (nSPS) is 18.9. The van der Waals surface area contributed by atoms with Crippen molar-refractivity contribution in [2.75, 3.05) is 38.1 Å². The standard InChI is InChI=1S/C33H40F2N6O2/c1-4-39-12-9-21(16-31(39)42)24-13-22-7-5-10-40(33(43)36-2)20-28(22)30(15-24)41-11-6-8-23-14-26(25-18-37-38(3)19-25)27(32(34)35)17-29(23)41/h13-15,17-19,21,32H,4-12,16,20H2,1-3H3,(H,36,43). The average Bonchev–Trinajstić information content (AvgIpc) is 3.33. The van der Waals surface area contributed by atoms with Crippen LogP contribution in [0, 0.1) is 0 Å². The van der Waals surface area contributed by atoms with Gasteiger partial charge in [0, 0.05) is 81.9 Å². The van der Waals surface area contributed by atoms with Crippen LogP contribution in [0.1, 0.15) is 72.8 Å². The fourth-order valence-corrected chi connectivity index (χ4v) is 7.07. The highest BCUT2D eigenvalue weighted by Crippen LogP contribution is 2.44. The van der Waals surface area contributed by atoms with E-state index in [1.54, 1.807) is 37.2 Å². The number of carbonyl (C=O) groups excluding carboxylic acids is 2. The van der Waals surface area contributed by atoms with Gasteiger partial charge in [0.25, 0.3) is 6.43 Å². The Kier molecular flexibility index (Phi) is 8.11. The van der Waals surface area contributed by atoms with Crippen molar-refractivity contribution in [1.82, 2.24) is 24.9 Å². The number of aryl methyl sites for hydroxylation is 3. The van der Waals surface area contributed by atoms with Crippen molar-refractivity contribution in [1.29, 1.82) is 0 Å². The summed E-state index contributed by atoms with van der Waals surface area (Å²) in [5.41, 5.74) is 7.33. The van der Waals surface area contributed by atoms with E-state index in [2.05, 4.69) is 27.4 Å². The van der Waals surface area contributed by atoms with Crippen molar-refractivity contribution in [2.24, 2.45) is 7.05 Å². The van der Waals surface area contributed by atoms with E-state index < -0.39 is 6.43 Å². The Morgan fingerprint density at radius 1 is 1.07 bits per heavy atom. The quantitative estimate of drug-likeness (QED) is 0.400. The van der Waals surface area contributed by atoms with Gasteiger partial charge < -0.3 is 20.0 Å². The predicted octanol–water partition coefficient (Wildman–Crippen LogP) is 5.92. The molecule has 0 radical (unpaired) electrons. The summed E-state index contributed by atoms with van der Waals surface area (Å²) in [6, 6.07) is 7.88. The molecule has 228 valence electrons. The molecule has 3 aliphatic rings. The van der Waals surface area contributed by atoms with Crippen LogP contribution in [0.3, 0.4) is 0 Å². The molecule has 1 unspecified atom stereocenters. The molecule has 10 heteroatoms. The highest BCUT2D eigenvalue weighted by atomic mass is 19.3. The van der Waals surface area contributed by atoms with Gasteiger partial charge in [-0.05, 0) is 91.0 Å². The third-order valence-electron chi connectivity index (χ3n) is 9.35. The lowest BCUT2D eigenvalue weighted by Gasteiger charge is -2.36. The Morgan fingerprint density at radius 3 is 2.56 bits per heavy atom. The summed E-state index contributed by atoms with van der Waals surface area (Å²) in [5.74, 6) is 0.278. The molecule has 2 aromatic carbocycles. The molecule has 0 bridgehead atoms. The van der Waals surface area contributed by atoms with Gasteiger partial charge in [-0.25, -0.2) is 13.6 Å². The second kappa shape index (κ2) is 12.0. The van der Waals surface area contributed by atoms with E-state index in [0.29, 0.717) is 43.7 Å². The molecule has 3 amide bonds. The molecule has 3 aliphatic heterocycles. The number of amides is 3. The molecule has 1 aromatic heterocycles. The van der Waals surface area contributed by atoms with Gasteiger partial charge in [0.2, 0.25) is 5.91 Å². The third-order valence-corrected chi connectivity index (χ3v) is 9.35.